The molecule has 180 valence electrons. The molecule has 9 heteroatoms. The van der Waals surface area contributed by atoms with Crippen LogP contribution in [0, 0.1) is 0 Å². The van der Waals surface area contributed by atoms with E-state index in [-0.39, 0.29) is 6.04 Å². The van der Waals surface area contributed by atoms with Crippen molar-refractivity contribution >= 4 is 50.5 Å². The largest absolute Gasteiger partial charge is 0.377 e. The van der Waals surface area contributed by atoms with Crippen molar-refractivity contribution in [1.82, 2.24) is 9.21 Å². The van der Waals surface area contributed by atoms with Crippen molar-refractivity contribution in [3.05, 3.63) is 62.6 Å². The van der Waals surface area contributed by atoms with Crippen molar-refractivity contribution in [3.8, 4) is 0 Å². The quantitative estimate of drug-likeness (QED) is 0.495. The topological polar surface area (TPSA) is 52.6 Å². The predicted molar refractivity (Wildman–Crippen MR) is 138 cm³/mol. The first-order valence-electron chi connectivity index (χ1n) is 11.3. The molecule has 0 bridgehead atoms. The molecule has 2 saturated heterocycles. The monoisotopic (exact) mass is 529 g/mol. The highest BCUT2D eigenvalue weighted by atomic mass is 35.5. The minimum atomic E-state index is -3.10. The van der Waals surface area contributed by atoms with Gasteiger partial charge in [0.15, 0.2) is 0 Å². The van der Waals surface area contributed by atoms with E-state index >= 15 is 0 Å². The van der Waals surface area contributed by atoms with Gasteiger partial charge in [-0.15, -0.1) is 0 Å². The molecule has 2 heterocycles. The van der Waals surface area contributed by atoms with E-state index < -0.39 is 10.0 Å². The maximum absolute atomic E-state index is 11.8. The smallest absolute Gasteiger partial charge is 0.211 e. The minimum absolute atomic E-state index is 0.0236. The van der Waals surface area contributed by atoms with Crippen LogP contribution < -0.4 is 5.32 Å². The molecule has 0 aromatic heterocycles. The molecule has 4 rings (SSSR count). The van der Waals surface area contributed by atoms with Crippen molar-refractivity contribution in [2.75, 3.05) is 37.8 Å². The van der Waals surface area contributed by atoms with Gasteiger partial charge in [-0.05, 0) is 80.6 Å². The normalized spacial score (nSPS) is 21.9. The average Bonchev–Trinajstić information content (AvgIpc) is 3.26. The van der Waals surface area contributed by atoms with Crippen molar-refractivity contribution < 1.29 is 8.42 Å². The molecule has 2 atom stereocenters. The van der Waals surface area contributed by atoms with Gasteiger partial charge in [-0.1, -0.05) is 46.9 Å². The molecule has 0 amide bonds. The summed E-state index contributed by atoms with van der Waals surface area (Å²) >= 11 is 18.9. The second-order valence-electron chi connectivity index (χ2n) is 9.14. The van der Waals surface area contributed by atoms with Crippen molar-refractivity contribution in [1.29, 1.82) is 0 Å². The van der Waals surface area contributed by atoms with Crippen LogP contribution in [-0.2, 0) is 10.0 Å². The average molecular weight is 531 g/mol. The maximum atomic E-state index is 11.8. The van der Waals surface area contributed by atoms with Gasteiger partial charge in [0, 0.05) is 29.2 Å². The molecular weight excluding hydrogens is 501 g/mol. The Hall–Kier alpha value is -1.02. The van der Waals surface area contributed by atoms with Gasteiger partial charge < -0.3 is 5.32 Å². The molecule has 2 aliphatic heterocycles. The highest BCUT2D eigenvalue weighted by molar-refractivity contribution is 7.88. The number of piperidine rings is 1. The second-order valence-corrected chi connectivity index (χ2v) is 12.4. The van der Waals surface area contributed by atoms with E-state index in [4.69, 9.17) is 34.8 Å². The summed E-state index contributed by atoms with van der Waals surface area (Å²) in [6.07, 6.45) is 4.32. The maximum Gasteiger partial charge on any atom is 0.211 e. The van der Waals surface area contributed by atoms with E-state index in [1.165, 1.54) is 11.8 Å². The van der Waals surface area contributed by atoms with Gasteiger partial charge in [0.05, 0.1) is 23.0 Å². The number of sulfonamides is 1. The number of nitrogens with zero attached hydrogens (tertiary/aromatic N) is 2. The zero-order valence-electron chi connectivity index (χ0n) is 18.9. The van der Waals surface area contributed by atoms with Crippen LogP contribution in [0.4, 0.5) is 5.69 Å². The summed E-state index contributed by atoms with van der Waals surface area (Å²) in [5.41, 5.74) is 3.14. The second kappa shape index (κ2) is 10.3. The number of hydrogen-bond acceptors (Lipinski definition) is 4. The molecule has 0 spiro atoms. The van der Waals surface area contributed by atoms with Crippen LogP contribution in [0.25, 0.3) is 0 Å². The molecule has 5 nitrogen and oxygen atoms in total. The van der Waals surface area contributed by atoms with E-state index in [1.807, 2.05) is 18.2 Å². The lowest BCUT2D eigenvalue weighted by Gasteiger charge is -2.36. The van der Waals surface area contributed by atoms with Crippen LogP contribution in [0.1, 0.15) is 49.3 Å². The Kier molecular flexibility index (Phi) is 7.83. The van der Waals surface area contributed by atoms with Crippen LogP contribution >= 0.6 is 34.8 Å². The number of rotatable bonds is 6. The van der Waals surface area contributed by atoms with E-state index in [9.17, 15) is 8.42 Å². The van der Waals surface area contributed by atoms with Gasteiger partial charge >= 0.3 is 0 Å². The highest BCUT2D eigenvalue weighted by Gasteiger charge is 2.34. The number of benzene rings is 2. The Morgan fingerprint density at radius 3 is 2.33 bits per heavy atom. The van der Waals surface area contributed by atoms with E-state index in [0.29, 0.717) is 40.1 Å². The van der Waals surface area contributed by atoms with Gasteiger partial charge in [-0.25, -0.2) is 12.7 Å². The van der Waals surface area contributed by atoms with Crippen LogP contribution in [0.2, 0.25) is 15.1 Å². The summed E-state index contributed by atoms with van der Waals surface area (Å²) in [4.78, 5) is 2.46. The summed E-state index contributed by atoms with van der Waals surface area (Å²) in [5, 5.41) is 5.43. The molecule has 33 heavy (non-hydrogen) atoms. The number of nitrogens with one attached hydrogen (secondary N) is 1. The fourth-order valence-electron chi connectivity index (χ4n) is 4.98. The third kappa shape index (κ3) is 5.98. The van der Waals surface area contributed by atoms with Crippen molar-refractivity contribution in [2.45, 2.75) is 44.2 Å². The van der Waals surface area contributed by atoms with E-state index in [0.717, 1.165) is 43.6 Å². The molecular formula is C24H30Cl3N3O2S. The molecule has 1 N–H and O–H groups in total. The van der Waals surface area contributed by atoms with E-state index in [2.05, 4.69) is 29.3 Å². The third-order valence-electron chi connectivity index (χ3n) is 6.90. The van der Waals surface area contributed by atoms with E-state index in [1.54, 1.807) is 10.4 Å². The summed E-state index contributed by atoms with van der Waals surface area (Å²) in [5.74, 6) is 0.459. The molecule has 0 aliphatic carbocycles. The molecule has 2 aromatic carbocycles. The van der Waals surface area contributed by atoms with Gasteiger partial charge in [-0.3, -0.25) is 4.90 Å². The Morgan fingerprint density at radius 2 is 1.70 bits per heavy atom. The number of hydrogen-bond donors (Lipinski definition) is 1. The third-order valence-corrected chi connectivity index (χ3v) is 9.07. The zero-order chi connectivity index (χ0) is 23.8. The fourth-order valence-corrected chi connectivity index (χ4v) is 6.60. The lowest BCUT2D eigenvalue weighted by atomic mass is 9.88. The Bertz CT molecular complexity index is 1100. The van der Waals surface area contributed by atoms with Crippen LogP contribution in [-0.4, -0.2) is 56.1 Å². The van der Waals surface area contributed by atoms with Gasteiger partial charge in [-0.2, -0.15) is 0 Å². The van der Waals surface area contributed by atoms with Gasteiger partial charge in [0.1, 0.15) is 0 Å². The lowest BCUT2D eigenvalue weighted by Crippen LogP contribution is -2.43. The lowest BCUT2D eigenvalue weighted by molar-refractivity contribution is 0.158. The first-order valence-corrected chi connectivity index (χ1v) is 14.3. The molecule has 1 unspecified atom stereocenters. The molecule has 2 aromatic rings. The fraction of sp³-hybridized carbons (Fsp3) is 0.500. The highest BCUT2D eigenvalue weighted by Crippen LogP contribution is 2.36. The molecule has 0 radical (unpaired) electrons. The Morgan fingerprint density at radius 1 is 0.970 bits per heavy atom. The number of halogens is 3. The van der Waals surface area contributed by atoms with Crippen LogP contribution in [0.3, 0.4) is 0 Å². The summed E-state index contributed by atoms with van der Waals surface area (Å²) < 4.78 is 25.3. The standard InChI is InChI=1S/C24H30Cl3N3O2S/c1-16(21-5-4-19(25)14-23(21)27)28-24-13-18(3-6-22(24)26)17-7-10-29(11-8-17)20-9-12-30(15-20)33(2,31)32/h3-6,13-14,16-17,20,28H,7-12,15H2,1-2H3/t16-,20?/m1/s1. The van der Waals surface area contributed by atoms with Gasteiger partial charge in [0.2, 0.25) is 10.0 Å². The number of likely N-dealkylation sites (tertiary alicyclic amines) is 1. The summed E-state index contributed by atoms with van der Waals surface area (Å²) in [6, 6.07) is 12.1. The Labute approximate surface area is 212 Å². The molecule has 0 saturated carbocycles. The Balaban J connectivity index is 1.39. The SMILES string of the molecule is C[C@@H](Nc1cc(C2CCN(C3CCN(S(C)(=O)=O)C3)CC2)ccc1Cl)c1ccc(Cl)cc1Cl. The van der Waals surface area contributed by atoms with Crippen molar-refractivity contribution in [3.63, 3.8) is 0 Å². The first-order chi connectivity index (χ1) is 15.6. The molecule has 2 aliphatic rings. The first kappa shape index (κ1) is 25.1. The predicted octanol–water partition coefficient (Wildman–Crippen LogP) is 6.03. The molecule has 2 fully saturated rings. The van der Waals surface area contributed by atoms with Gasteiger partial charge in [0.25, 0.3) is 0 Å². The summed E-state index contributed by atoms with van der Waals surface area (Å²) in [7, 11) is -3.10. The zero-order valence-corrected chi connectivity index (χ0v) is 22.0. The van der Waals surface area contributed by atoms with Crippen LogP contribution in [0.15, 0.2) is 36.4 Å². The summed E-state index contributed by atoms with van der Waals surface area (Å²) in [6.45, 7) is 5.26. The number of anilines is 1. The van der Waals surface area contributed by atoms with Crippen molar-refractivity contribution in [2.24, 2.45) is 0 Å². The van der Waals surface area contributed by atoms with Crippen LogP contribution in [0.5, 0.6) is 0 Å². The minimum Gasteiger partial charge on any atom is -0.377 e.